The summed E-state index contributed by atoms with van der Waals surface area (Å²) in [7, 11) is 1.39. The van der Waals surface area contributed by atoms with E-state index in [0.717, 1.165) is 5.39 Å². The van der Waals surface area contributed by atoms with Crippen molar-refractivity contribution in [1.82, 2.24) is 0 Å². The lowest BCUT2D eigenvalue weighted by Crippen LogP contribution is -2.47. The molecule has 0 aliphatic heterocycles. The van der Waals surface area contributed by atoms with Gasteiger partial charge in [-0.15, -0.1) is 0 Å². The molecule has 2 rings (SSSR count). The molecule has 1 atom stereocenters. The average Bonchev–Trinajstić information content (AvgIpc) is 2.62. The smallest absolute Gasteiger partial charge is 0.378 e. The second-order valence-corrected chi connectivity index (χ2v) is 6.24. The van der Waals surface area contributed by atoms with Crippen molar-refractivity contribution >= 4 is 22.7 Å². The van der Waals surface area contributed by atoms with Crippen LogP contribution in [0.1, 0.15) is 24.2 Å². The normalized spacial score (nSPS) is 12.8. The molecule has 1 N–H and O–H groups in total. The van der Waals surface area contributed by atoms with E-state index in [0.29, 0.717) is 5.39 Å². The van der Waals surface area contributed by atoms with Gasteiger partial charge in [0.15, 0.2) is 12.9 Å². The van der Waals surface area contributed by atoms with Crippen LogP contribution < -0.4 is 4.74 Å². The highest BCUT2D eigenvalue weighted by Gasteiger charge is 2.51. The van der Waals surface area contributed by atoms with Crippen LogP contribution in [0, 0.1) is 5.92 Å². The molecule has 0 bridgehead atoms. The first-order chi connectivity index (χ1) is 12.7. The molecule has 0 aromatic heterocycles. The summed E-state index contributed by atoms with van der Waals surface area (Å²) >= 11 is 0. The van der Waals surface area contributed by atoms with Crippen molar-refractivity contribution in [2.75, 3.05) is 13.9 Å². The maximum atomic E-state index is 14.0. The predicted molar refractivity (Wildman–Crippen MR) is 93.1 cm³/mol. The van der Waals surface area contributed by atoms with Crippen molar-refractivity contribution < 1.29 is 37.7 Å². The van der Waals surface area contributed by atoms with E-state index in [-0.39, 0.29) is 18.1 Å². The number of esters is 1. The number of rotatable bonds is 8. The van der Waals surface area contributed by atoms with Gasteiger partial charge < -0.3 is 19.3 Å². The first-order valence-corrected chi connectivity index (χ1v) is 8.15. The van der Waals surface area contributed by atoms with E-state index in [1.165, 1.54) is 27.0 Å². The number of carboxylic acid groups (broad SMARTS) is 1. The fourth-order valence-electron chi connectivity index (χ4n) is 2.55. The zero-order chi connectivity index (χ0) is 20.2. The monoisotopic (exact) mass is 382 g/mol. The number of hydrogen-bond acceptors (Lipinski definition) is 5. The number of alkyl halides is 2. The summed E-state index contributed by atoms with van der Waals surface area (Å²) in [6, 6.07) is 10.1. The largest absolute Gasteiger partial charge is 0.477 e. The summed E-state index contributed by atoms with van der Waals surface area (Å²) < 4.78 is 43.0. The van der Waals surface area contributed by atoms with E-state index < -0.39 is 29.9 Å². The number of methoxy groups -OCH3 is 1. The van der Waals surface area contributed by atoms with Gasteiger partial charge in [-0.25, -0.2) is 9.59 Å². The standard InChI is InChI=1S/C19H20F2O6/c1-11(2)16(19(20,21)18(23)24)27-17(22)14-8-12-6-4-5-7-13(12)9-15(14)26-10-25-3/h4-9,11,16H,10H2,1-3H3,(H,23,24). The highest BCUT2D eigenvalue weighted by atomic mass is 19.3. The summed E-state index contributed by atoms with van der Waals surface area (Å²) in [4.78, 5) is 23.5. The lowest BCUT2D eigenvalue weighted by molar-refractivity contribution is -0.187. The molecule has 0 radical (unpaired) electrons. The Kier molecular flexibility index (Phi) is 6.32. The van der Waals surface area contributed by atoms with Crippen LogP contribution in [-0.2, 0) is 14.3 Å². The van der Waals surface area contributed by atoms with E-state index in [1.54, 1.807) is 30.3 Å². The van der Waals surface area contributed by atoms with Crippen molar-refractivity contribution in [3.63, 3.8) is 0 Å². The zero-order valence-corrected chi connectivity index (χ0v) is 15.1. The minimum Gasteiger partial charge on any atom is -0.477 e. The van der Waals surface area contributed by atoms with Gasteiger partial charge in [0.2, 0.25) is 0 Å². The molecule has 0 heterocycles. The molecule has 0 saturated carbocycles. The number of benzene rings is 2. The maximum absolute atomic E-state index is 14.0. The molecule has 27 heavy (non-hydrogen) atoms. The minimum absolute atomic E-state index is 0.0849. The van der Waals surface area contributed by atoms with E-state index in [9.17, 15) is 18.4 Å². The van der Waals surface area contributed by atoms with Crippen molar-refractivity contribution in [1.29, 1.82) is 0 Å². The molecular formula is C19H20F2O6. The lowest BCUT2D eigenvalue weighted by atomic mass is 10.0. The Labute approximate surface area is 154 Å². The summed E-state index contributed by atoms with van der Waals surface area (Å²) in [5.41, 5.74) is -0.0995. The molecule has 6 nitrogen and oxygen atoms in total. The molecule has 146 valence electrons. The van der Waals surface area contributed by atoms with Gasteiger partial charge in [0.1, 0.15) is 11.3 Å². The molecule has 1 unspecified atom stereocenters. The van der Waals surface area contributed by atoms with Gasteiger partial charge in [0, 0.05) is 7.11 Å². The van der Waals surface area contributed by atoms with Gasteiger partial charge >= 0.3 is 17.9 Å². The summed E-state index contributed by atoms with van der Waals surface area (Å²) in [5, 5.41) is 10.2. The second-order valence-electron chi connectivity index (χ2n) is 6.24. The van der Waals surface area contributed by atoms with Gasteiger partial charge in [0.25, 0.3) is 0 Å². The fraction of sp³-hybridized carbons (Fsp3) is 0.368. The third-order valence-corrected chi connectivity index (χ3v) is 3.88. The number of carbonyl (C=O) groups is 2. The van der Waals surface area contributed by atoms with Crippen molar-refractivity contribution in [3.05, 3.63) is 42.0 Å². The molecule has 2 aromatic rings. The molecule has 0 saturated heterocycles. The summed E-state index contributed by atoms with van der Waals surface area (Å²) in [6.07, 6.45) is -2.13. The number of carbonyl (C=O) groups excluding carboxylic acids is 1. The Morgan fingerprint density at radius 2 is 1.74 bits per heavy atom. The first-order valence-electron chi connectivity index (χ1n) is 8.15. The lowest BCUT2D eigenvalue weighted by Gasteiger charge is -2.26. The first kappa shape index (κ1) is 20.6. The predicted octanol–water partition coefficient (Wildman–Crippen LogP) is 3.72. The summed E-state index contributed by atoms with van der Waals surface area (Å²) in [6.45, 7) is 2.52. The van der Waals surface area contributed by atoms with Crippen LogP contribution in [0.5, 0.6) is 5.75 Å². The SMILES string of the molecule is COCOc1cc2ccccc2cc1C(=O)OC(C(C)C)C(F)(F)C(=O)O. The van der Waals surface area contributed by atoms with E-state index in [4.69, 9.17) is 19.3 Å². The van der Waals surface area contributed by atoms with Crippen molar-refractivity contribution in [2.24, 2.45) is 5.92 Å². The Morgan fingerprint density at radius 1 is 1.15 bits per heavy atom. The number of carboxylic acids is 1. The Balaban J connectivity index is 2.43. The quantitative estimate of drug-likeness (QED) is 0.553. The van der Waals surface area contributed by atoms with Gasteiger partial charge in [-0.3, -0.25) is 0 Å². The number of aliphatic carboxylic acids is 1. The fourth-order valence-corrected chi connectivity index (χ4v) is 2.55. The van der Waals surface area contributed by atoms with Crippen LogP contribution >= 0.6 is 0 Å². The van der Waals surface area contributed by atoms with Gasteiger partial charge in [-0.2, -0.15) is 8.78 Å². The number of halogens is 2. The molecule has 0 aliphatic carbocycles. The van der Waals surface area contributed by atoms with Crippen LogP contribution in [0.15, 0.2) is 36.4 Å². The molecule has 0 amide bonds. The molecule has 0 spiro atoms. The van der Waals surface area contributed by atoms with E-state index >= 15 is 0 Å². The second kappa shape index (κ2) is 8.30. The highest BCUT2D eigenvalue weighted by Crippen LogP contribution is 2.31. The van der Waals surface area contributed by atoms with Gasteiger partial charge in [0.05, 0.1) is 0 Å². The van der Waals surface area contributed by atoms with Crippen molar-refractivity contribution in [3.8, 4) is 5.75 Å². The zero-order valence-electron chi connectivity index (χ0n) is 15.1. The number of ether oxygens (including phenoxy) is 3. The van der Waals surface area contributed by atoms with Crippen molar-refractivity contribution in [2.45, 2.75) is 25.9 Å². The van der Waals surface area contributed by atoms with Gasteiger partial charge in [-0.05, 0) is 28.8 Å². The Bertz CT molecular complexity index is 834. The third kappa shape index (κ3) is 4.51. The van der Waals surface area contributed by atoms with Crippen LogP contribution in [0.3, 0.4) is 0 Å². The highest BCUT2D eigenvalue weighted by molar-refractivity contribution is 5.99. The number of fused-ring (bicyclic) bond motifs is 1. The van der Waals surface area contributed by atoms with E-state index in [2.05, 4.69) is 0 Å². The molecular weight excluding hydrogens is 362 g/mol. The molecule has 0 fully saturated rings. The summed E-state index contributed by atoms with van der Waals surface area (Å²) in [5.74, 6) is -8.53. The molecule has 2 aromatic carbocycles. The topological polar surface area (TPSA) is 82.1 Å². The minimum atomic E-state index is -4.23. The van der Waals surface area contributed by atoms with Crippen LogP contribution in [0.25, 0.3) is 10.8 Å². The average molecular weight is 382 g/mol. The maximum Gasteiger partial charge on any atom is 0.378 e. The Morgan fingerprint density at radius 3 is 2.26 bits per heavy atom. The Hall–Kier alpha value is -2.74. The molecule has 8 heteroatoms. The van der Waals surface area contributed by atoms with E-state index in [1.807, 2.05) is 0 Å². The van der Waals surface area contributed by atoms with Gasteiger partial charge in [-0.1, -0.05) is 38.1 Å². The van der Waals surface area contributed by atoms with Crippen LogP contribution in [0.4, 0.5) is 8.78 Å². The van der Waals surface area contributed by atoms with Crippen LogP contribution in [0.2, 0.25) is 0 Å². The number of hydrogen-bond donors (Lipinski definition) is 1. The van der Waals surface area contributed by atoms with Crippen LogP contribution in [-0.4, -0.2) is 43.0 Å². The third-order valence-electron chi connectivity index (χ3n) is 3.88. The molecule has 0 aliphatic rings.